The Kier molecular flexibility index (Phi) is 5.58. The summed E-state index contributed by atoms with van der Waals surface area (Å²) >= 11 is 0. The topological polar surface area (TPSA) is 81.5 Å². The van der Waals surface area contributed by atoms with Crippen molar-refractivity contribution < 1.29 is 14.3 Å². The van der Waals surface area contributed by atoms with Gasteiger partial charge in [0.15, 0.2) is 0 Å². The Hall–Kier alpha value is -2.70. The van der Waals surface area contributed by atoms with E-state index in [1.165, 1.54) is 0 Å². The zero-order chi connectivity index (χ0) is 19.6. The molecule has 1 aliphatic heterocycles. The predicted octanol–water partition coefficient (Wildman–Crippen LogP) is 2.39. The van der Waals surface area contributed by atoms with Gasteiger partial charge in [0.2, 0.25) is 0 Å². The molecule has 1 saturated heterocycles. The molecular formula is C20H25N3O4. The molecule has 0 bridgehead atoms. The van der Waals surface area contributed by atoms with Crippen LogP contribution in [0.25, 0.3) is 11.0 Å². The van der Waals surface area contributed by atoms with Crippen LogP contribution in [0.5, 0.6) is 0 Å². The lowest BCUT2D eigenvalue weighted by molar-refractivity contribution is -0.149. The molecule has 0 unspecified atom stereocenters. The molecule has 0 N–H and O–H groups in total. The van der Waals surface area contributed by atoms with Crippen molar-refractivity contribution in [2.75, 3.05) is 19.7 Å². The predicted molar refractivity (Wildman–Crippen MR) is 102 cm³/mol. The van der Waals surface area contributed by atoms with E-state index < -0.39 is 0 Å². The van der Waals surface area contributed by atoms with Crippen molar-refractivity contribution in [2.45, 2.75) is 39.7 Å². The maximum absolute atomic E-state index is 13.0. The Morgan fingerprint density at radius 3 is 2.63 bits per heavy atom. The number of hydrogen-bond acceptors (Lipinski definition) is 5. The second kappa shape index (κ2) is 7.90. The second-order valence-corrected chi connectivity index (χ2v) is 7.06. The van der Waals surface area contributed by atoms with E-state index >= 15 is 0 Å². The van der Waals surface area contributed by atoms with Crippen molar-refractivity contribution in [1.82, 2.24) is 14.5 Å². The lowest BCUT2D eigenvalue weighted by atomic mass is 9.96. The minimum Gasteiger partial charge on any atom is -0.466 e. The number of amides is 1. The largest absolute Gasteiger partial charge is 0.466 e. The third-order valence-corrected chi connectivity index (χ3v) is 4.94. The highest BCUT2D eigenvalue weighted by molar-refractivity contribution is 5.97. The van der Waals surface area contributed by atoms with Crippen molar-refractivity contribution in [3.63, 3.8) is 0 Å². The van der Waals surface area contributed by atoms with Crippen LogP contribution in [0.4, 0.5) is 0 Å². The maximum Gasteiger partial charge on any atom is 0.309 e. The van der Waals surface area contributed by atoms with Crippen LogP contribution in [0.15, 0.2) is 29.2 Å². The second-order valence-electron chi connectivity index (χ2n) is 7.06. The fourth-order valence-electron chi connectivity index (χ4n) is 3.55. The first-order valence-corrected chi connectivity index (χ1v) is 9.40. The third kappa shape index (κ3) is 3.72. The summed E-state index contributed by atoms with van der Waals surface area (Å²) in [4.78, 5) is 43.8. The molecule has 0 atom stereocenters. The van der Waals surface area contributed by atoms with Crippen molar-refractivity contribution in [3.05, 3.63) is 40.3 Å². The molecule has 144 valence electrons. The number of piperidine rings is 1. The summed E-state index contributed by atoms with van der Waals surface area (Å²) in [6.07, 6.45) is 2.75. The molecule has 0 aromatic carbocycles. The Morgan fingerprint density at radius 1 is 1.30 bits per heavy atom. The molecule has 0 saturated carbocycles. The van der Waals surface area contributed by atoms with Gasteiger partial charge in [0.25, 0.3) is 11.5 Å². The van der Waals surface area contributed by atoms with Gasteiger partial charge in [-0.15, -0.1) is 0 Å². The normalized spacial score (nSPS) is 15.3. The number of esters is 1. The van der Waals surface area contributed by atoms with Gasteiger partial charge in [0.05, 0.1) is 12.5 Å². The van der Waals surface area contributed by atoms with E-state index in [1.54, 1.807) is 34.7 Å². The van der Waals surface area contributed by atoms with Gasteiger partial charge in [-0.05, 0) is 51.8 Å². The molecule has 7 nitrogen and oxygen atoms in total. The average molecular weight is 371 g/mol. The molecule has 1 aliphatic rings. The number of fused-ring (bicyclic) bond motifs is 1. The third-order valence-electron chi connectivity index (χ3n) is 4.94. The highest BCUT2D eigenvalue weighted by atomic mass is 16.5. The molecule has 2 aromatic heterocycles. The van der Waals surface area contributed by atoms with Crippen LogP contribution >= 0.6 is 0 Å². The summed E-state index contributed by atoms with van der Waals surface area (Å²) in [6, 6.07) is 5.15. The number of ether oxygens (including phenoxy) is 1. The van der Waals surface area contributed by atoms with Crippen LogP contribution in [0.2, 0.25) is 0 Å². The summed E-state index contributed by atoms with van der Waals surface area (Å²) in [5.74, 6) is -0.673. The number of nitrogens with zero attached hydrogens (tertiary/aromatic N) is 3. The standard InChI is InChI=1S/C20H25N3O4/c1-4-27-20(26)14-7-10-22(11-8-14)18(24)16-12-15-6-5-9-21-17(15)23(13(2)3)19(16)25/h5-6,9,12-14H,4,7-8,10-11H2,1-3H3. The molecule has 0 spiro atoms. The van der Waals surface area contributed by atoms with Crippen molar-refractivity contribution in [1.29, 1.82) is 0 Å². The zero-order valence-corrected chi connectivity index (χ0v) is 16.0. The van der Waals surface area contributed by atoms with E-state index in [2.05, 4.69) is 4.98 Å². The summed E-state index contributed by atoms with van der Waals surface area (Å²) in [6.45, 7) is 6.81. The van der Waals surface area contributed by atoms with Crippen LogP contribution in [-0.4, -0.2) is 46.0 Å². The Morgan fingerprint density at radius 2 is 2.00 bits per heavy atom. The van der Waals surface area contributed by atoms with E-state index in [0.29, 0.717) is 38.2 Å². The summed E-state index contributed by atoms with van der Waals surface area (Å²) in [5, 5.41) is 0.760. The van der Waals surface area contributed by atoms with Crippen molar-refractivity contribution in [2.24, 2.45) is 5.92 Å². The zero-order valence-electron chi connectivity index (χ0n) is 16.0. The number of carbonyl (C=O) groups is 2. The molecule has 3 heterocycles. The number of aromatic nitrogens is 2. The van der Waals surface area contributed by atoms with Crippen LogP contribution < -0.4 is 5.56 Å². The van der Waals surface area contributed by atoms with E-state index in [0.717, 1.165) is 5.39 Å². The van der Waals surface area contributed by atoms with Gasteiger partial charge in [0.1, 0.15) is 11.2 Å². The van der Waals surface area contributed by atoms with Gasteiger partial charge >= 0.3 is 5.97 Å². The Balaban J connectivity index is 1.88. The molecule has 0 aliphatic carbocycles. The fourth-order valence-corrected chi connectivity index (χ4v) is 3.55. The average Bonchev–Trinajstić information content (AvgIpc) is 2.67. The lowest BCUT2D eigenvalue weighted by Gasteiger charge is -2.31. The van der Waals surface area contributed by atoms with E-state index in [4.69, 9.17) is 4.74 Å². The molecule has 27 heavy (non-hydrogen) atoms. The highest BCUT2D eigenvalue weighted by Crippen LogP contribution is 2.21. The van der Waals surface area contributed by atoms with Gasteiger partial charge < -0.3 is 9.64 Å². The number of rotatable bonds is 4. The first-order chi connectivity index (χ1) is 12.9. The first-order valence-electron chi connectivity index (χ1n) is 9.40. The van der Waals surface area contributed by atoms with Gasteiger partial charge in [-0.1, -0.05) is 0 Å². The van der Waals surface area contributed by atoms with Gasteiger partial charge in [-0.25, -0.2) is 4.98 Å². The van der Waals surface area contributed by atoms with Gasteiger partial charge in [-0.2, -0.15) is 0 Å². The van der Waals surface area contributed by atoms with E-state index in [1.807, 2.05) is 19.9 Å². The number of carbonyl (C=O) groups excluding carboxylic acids is 2. The number of hydrogen-bond donors (Lipinski definition) is 0. The molecule has 1 fully saturated rings. The molecule has 2 aromatic rings. The summed E-state index contributed by atoms with van der Waals surface area (Å²) < 4.78 is 6.63. The maximum atomic E-state index is 13.0. The van der Waals surface area contributed by atoms with Gasteiger partial charge in [-0.3, -0.25) is 19.0 Å². The minimum atomic E-state index is -0.325. The monoisotopic (exact) mass is 371 g/mol. The Labute approximate surface area is 157 Å². The lowest BCUT2D eigenvalue weighted by Crippen LogP contribution is -2.43. The number of likely N-dealkylation sites (tertiary alicyclic amines) is 1. The summed E-state index contributed by atoms with van der Waals surface area (Å²) in [7, 11) is 0. The summed E-state index contributed by atoms with van der Waals surface area (Å²) in [5.41, 5.74) is 0.405. The van der Waals surface area contributed by atoms with Crippen LogP contribution in [-0.2, 0) is 9.53 Å². The van der Waals surface area contributed by atoms with Gasteiger partial charge in [0, 0.05) is 30.7 Å². The van der Waals surface area contributed by atoms with Crippen molar-refractivity contribution >= 4 is 22.9 Å². The van der Waals surface area contributed by atoms with E-state index in [9.17, 15) is 14.4 Å². The SMILES string of the molecule is CCOC(=O)C1CCN(C(=O)c2cc3cccnc3n(C(C)C)c2=O)CC1. The molecule has 7 heteroatoms. The minimum absolute atomic E-state index is 0.114. The highest BCUT2D eigenvalue weighted by Gasteiger charge is 2.30. The molecule has 3 rings (SSSR count). The smallest absolute Gasteiger partial charge is 0.309 e. The van der Waals surface area contributed by atoms with E-state index in [-0.39, 0.29) is 35.0 Å². The fraction of sp³-hybridized carbons (Fsp3) is 0.500. The van der Waals surface area contributed by atoms with Crippen LogP contribution in [0.3, 0.4) is 0 Å². The molecule has 1 amide bonds. The molecular weight excluding hydrogens is 346 g/mol. The molecule has 0 radical (unpaired) electrons. The van der Waals surface area contributed by atoms with Crippen LogP contribution in [0.1, 0.15) is 50.0 Å². The number of pyridine rings is 2. The van der Waals surface area contributed by atoms with Crippen LogP contribution in [0, 0.1) is 5.92 Å². The Bertz CT molecular complexity index is 911. The first kappa shape index (κ1) is 19.1. The van der Waals surface area contributed by atoms with Crippen molar-refractivity contribution in [3.8, 4) is 0 Å². The quantitative estimate of drug-likeness (QED) is 0.771.